The molecule has 7 aromatic carbocycles. The molecule has 65 heavy (non-hydrogen) atoms. The van der Waals surface area contributed by atoms with Crippen LogP contribution in [0.25, 0.3) is 22.3 Å². The Bertz CT molecular complexity index is 3020. The maximum absolute atomic E-state index is 2.69. The highest BCUT2D eigenvalue weighted by Crippen LogP contribution is 2.54. The maximum Gasteiger partial charge on any atom is 0.252 e. The predicted molar refractivity (Wildman–Crippen MR) is 283 cm³/mol. The molecule has 328 valence electrons. The molecule has 0 amide bonds. The van der Waals surface area contributed by atoms with E-state index in [0.29, 0.717) is 0 Å². The molecule has 0 spiro atoms. The summed E-state index contributed by atoms with van der Waals surface area (Å²) in [5.41, 5.74) is 24.8. The Morgan fingerprint density at radius 2 is 0.923 bits per heavy atom. The molecule has 0 fully saturated rings. The zero-order valence-corrected chi connectivity index (χ0v) is 41.5. The summed E-state index contributed by atoms with van der Waals surface area (Å²) in [6.07, 6.45) is 1.11. The smallest absolute Gasteiger partial charge is 0.252 e. The van der Waals surface area contributed by atoms with E-state index >= 15 is 0 Å². The van der Waals surface area contributed by atoms with Gasteiger partial charge < -0.3 is 9.80 Å². The average Bonchev–Trinajstić information content (AvgIpc) is 3.43. The number of aryl methyl sites for hydroxylation is 1. The fourth-order valence-electron chi connectivity index (χ4n) is 11.6. The van der Waals surface area contributed by atoms with Crippen LogP contribution in [-0.2, 0) is 27.1 Å². The zero-order chi connectivity index (χ0) is 46.2. The van der Waals surface area contributed by atoms with E-state index in [0.717, 1.165) is 6.42 Å². The zero-order valence-electron chi connectivity index (χ0n) is 41.5. The average molecular weight is 851 g/mol. The summed E-state index contributed by atoms with van der Waals surface area (Å²) in [5, 5.41) is 0. The van der Waals surface area contributed by atoms with Gasteiger partial charge in [-0.1, -0.05) is 187 Å². The van der Waals surface area contributed by atoms with Crippen molar-refractivity contribution in [3.05, 3.63) is 173 Å². The lowest BCUT2D eigenvalue weighted by Crippen LogP contribution is -2.61. The molecule has 0 aromatic heterocycles. The summed E-state index contributed by atoms with van der Waals surface area (Å²) in [6.45, 7) is 33.3. The fraction of sp³-hybridized carbons (Fsp3) is 0.323. The van der Waals surface area contributed by atoms with E-state index in [1.807, 2.05) is 0 Å². The van der Waals surface area contributed by atoms with Crippen molar-refractivity contribution >= 4 is 57.2 Å². The molecule has 7 aromatic rings. The summed E-state index contributed by atoms with van der Waals surface area (Å²) >= 11 is 0. The van der Waals surface area contributed by atoms with Crippen LogP contribution in [0.4, 0.5) is 34.1 Å². The molecule has 0 saturated heterocycles. The molecule has 10 rings (SSSR count). The molecule has 0 radical (unpaired) electrons. The van der Waals surface area contributed by atoms with Gasteiger partial charge in [0.15, 0.2) is 0 Å². The number of hydrogen-bond donors (Lipinski definition) is 0. The minimum absolute atomic E-state index is 0.0160. The van der Waals surface area contributed by atoms with E-state index in [1.165, 1.54) is 106 Å². The lowest BCUT2D eigenvalue weighted by Gasteiger charge is -2.46. The third-order valence-electron chi connectivity index (χ3n) is 15.0. The Morgan fingerprint density at radius 1 is 0.415 bits per heavy atom. The van der Waals surface area contributed by atoms with Gasteiger partial charge in [0.25, 0.3) is 6.71 Å². The highest BCUT2D eigenvalue weighted by molar-refractivity contribution is 7.00. The van der Waals surface area contributed by atoms with Crippen LogP contribution >= 0.6 is 0 Å². The first-order valence-electron chi connectivity index (χ1n) is 24.0. The number of benzene rings is 7. The van der Waals surface area contributed by atoms with Crippen LogP contribution in [-0.4, -0.2) is 6.71 Å². The molecule has 2 aliphatic heterocycles. The highest BCUT2D eigenvalue weighted by Gasteiger charge is 2.49. The minimum atomic E-state index is -0.127. The lowest BCUT2D eigenvalue weighted by atomic mass is 9.33. The van der Waals surface area contributed by atoms with Crippen molar-refractivity contribution in [2.24, 2.45) is 0 Å². The predicted octanol–water partition coefficient (Wildman–Crippen LogP) is 15.3. The van der Waals surface area contributed by atoms with E-state index in [1.54, 1.807) is 0 Å². The van der Waals surface area contributed by atoms with Crippen molar-refractivity contribution in [1.82, 2.24) is 0 Å². The Morgan fingerprint density at radius 3 is 1.49 bits per heavy atom. The topological polar surface area (TPSA) is 6.48 Å². The number of fused-ring (bicyclic) bond motifs is 5. The van der Waals surface area contributed by atoms with Crippen LogP contribution < -0.4 is 26.2 Å². The minimum Gasteiger partial charge on any atom is -0.311 e. The van der Waals surface area contributed by atoms with Crippen molar-refractivity contribution in [1.29, 1.82) is 0 Å². The Labute approximate surface area is 390 Å². The second kappa shape index (κ2) is 14.6. The van der Waals surface area contributed by atoms with E-state index < -0.39 is 0 Å². The monoisotopic (exact) mass is 851 g/mol. The molecule has 1 aliphatic carbocycles. The van der Waals surface area contributed by atoms with Crippen LogP contribution in [0.1, 0.15) is 130 Å². The Kier molecular flexibility index (Phi) is 9.69. The standard InChI is InChI=1S/C62H67BN2/c1-39-31-43(58(2,3)4)26-29-51(39)64-53-32-42(40-21-17-15-18-22-40)25-28-49(53)63-50-36-47-48(62(13,14)38-61(47,11)12)37-54(50)65(56-35-45(60(8,9)10)34-55(64)57(56)63)52-30-27-44(59(5,6)7)33-46(52)41-23-19-16-20-24-41/h15-37H,38H2,1-14H3. The van der Waals surface area contributed by atoms with Gasteiger partial charge >= 0.3 is 0 Å². The second-order valence-corrected chi connectivity index (χ2v) is 23.9. The Balaban J connectivity index is 1.37. The van der Waals surface area contributed by atoms with Crippen LogP contribution in [0.2, 0.25) is 0 Å². The molecule has 0 N–H and O–H groups in total. The van der Waals surface area contributed by atoms with Crippen molar-refractivity contribution in [3.8, 4) is 22.3 Å². The van der Waals surface area contributed by atoms with Crippen LogP contribution in [0.3, 0.4) is 0 Å². The Hall–Kier alpha value is -5.80. The quantitative estimate of drug-likeness (QED) is 0.163. The van der Waals surface area contributed by atoms with Gasteiger partial charge in [-0.25, -0.2) is 0 Å². The van der Waals surface area contributed by atoms with Gasteiger partial charge in [0.2, 0.25) is 0 Å². The first-order chi connectivity index (χ1) is 30.5. The van der Waals surface area contributed by atoms with Crippen LogP contribution in [0.15, 0.2) is 140 Å². The number of rotatable bonds is 4. The first kappa shape index (κ1) is 43.1. The number of anilines is 6. The molecule has 0 atom stereocenters. The molecule has 0 saturated carbocycles. The molecule has 2 nitrogen and oxygen atoms in total. The lowest BCUT2D eigenvalue weighted by molar-refractivity contribution is 0.403. The summed E-state index contributed by atoms with van der Waals surface area (Å²) in [5.74, 6) is 0. The molecule has 3 aliphatic rings. The summed E-state index contributed by atoms with van der Waals surface area (Å²) in [6, 6.07) is 54.2. The van der Waals surface area contributed by atoms with Gasteiger partial charge in [0.05, 0.1) is 5.69 Å². The van der Waals surface area contributed by atoms with Crippen molar-refractivity contribution in [3.63, 3.8) is 0 Å². The fourth-order valence-corrected chi connectivity index (χ4v) is 11.6. The summed E-state index contributed by atoms with van der Waals surface area (Å²) < 4.78 is 0. The molecule has 0 unspecified atom stereocenters. The molecule has 3 heteroatoms. The van der Waals surface area contributed by atoms with Crippen LogP contribution in [0, 0.1) is 6.92 Å². The van der Waals surface area contributed by atoms with Gasteiger partial charge in [-0.2, -0.15) is 0 Å². The third kappa shape index (κ3) is 7.08. The van der Waals surface area contributed by atoms with E-state index in [4.69, 9.17) is 0 Å². The van der Waals surface area contributed by atoms with E-state index in [-0.39, 0.29) is 33.8 Å². The van der Waals surface area contributed by atoms with E-state index in [9.17, 15) is 0 Å². The van der Waals surface area contributed by atoms with Crippen LogP contribution in [0.5, 0.6) is 0 Å². The van der Waals surface area contributed by atoms with Gasteiger partial charge in [0, 0.05) is 34.0 Å². The van der Waals surface area contributed by atoms with Gasteiger partial charge in [-0.15, -0.1) is 0 Å². The summed E-state index contributed by atoms with van der Waals surface area (Å²) in [4.78, 5) is 5.33. The second-order valence-electron chi connectivity index (χ2n) is 23.9. The van der Waals surface area contributed by atoms with Crippen molar-refractivity contribution in [2.75, 3.05) is 9.80 Å². The molecule has 2 heterocycles. The number of nitrogens with zero attached hydrogens (tertiary/aromatic N) is 2. The largest absolute Gasteiger partial charge is 0.311 e. The van der Waals surface area contributed by atoms with E-state index in [2.05, 4.69) is 246 Å². The third-order valence-corrected chi connectivity index (χ3v) is 15.0. The maximum atomic E-state index is 2.69. The molecule has 0 bridgehead atoms. The first-order valence-corrected chi connectivity index (χ1v) is 24.0. The van der Waals surface area contributed by atoms with Crippen molar-refractivity contribution in [2.45, 2.75) is 130 Å². The normalized spacial score (nSPS) is 15.9. The highest BCUT2D eigenvalue weighted by atomic mass is 15.2. The van der Waals surface area contributed by atoms with Gasteiger partial charge in [-0.3, -0.25) is 0 Å². The molecular weight excluding hydrogens is 784 g/mol. The SMILES string of the molecule is Cc1cc(C(C)(C)C)ccc1N1c2cc(-c3ccccc3)ccc2B2c3cc4c(cc3N(c3ccc(C(C)(C)C)cc3-c3ccccc3)c3cc(C(C)(C)C)cc1c32)C(C)(C)CC4(C)C. The molecular formula is C62H67BN2. The van der Waals surface area contributed by atoms with Crippen molar-refractivity contribution < 1.29 is 0 Å². The van der Waals surface area contributed by atoms with Gasteiger partial charge in [-0.05, 0) is 149 Å². The number of hydrogen-bond acceptors (Lipinski definition) is 2. The summed E-state index contributed by atoms with van der Waals surface area (Å²) in [7, 11) is 0. The van der Waals surface area contributed by atoms with Gasteiger partial charge in [0.1, 0.15) is 0 Å².